The van der Waals surface area contributed by atoms with Gasteiger partial charge in [-0.15, -0.1) is 4.75 Å². The number of aromatic nitrogens is 2. The molecule has 2 N–H and O–H groups in total. The maximum absolute atomic E-state index is 10.3. The van der Waals surface area contributed by atoms with Crippen molar-refractivity contribution in [3.8, 4) is 0 Å². The van der Waals surface area contributed by atoms with Crippen LogP contribution in [0, 0.1) is 0 Å². The van der Waals surface area contributed by atoms with Gasteiger partial charge in [-0.3, -0.25) is 4.79 Å². The Balaban J connectivity index is 3.50. The fourth-order valence-electron chi connectivity index (χ4n) is 0.350. The molecule has 0 amide bonds. The number of rotatable bonds is 0. The van der Waals surface area contributed by atoms with Crippen LogP contribution >= 0.6 is 7.73 Å². The standard InChI is InChI=1S/C3H3N2O2P/c6-3-1-2-4-8(7)5-3/h1-2H,(H-,4,5,6,7)/p+1. The van der Waals surface area contributed by atoms with Crippen molar-refractivity contribution >= 4 is 7.73 Å². The fraction of sp³-hybridized carbons (Fsp3) is 0. The first-order valence-electron chi connectivity index (χ1n) is 1.99. The lowest BCUT2D eigenvalue weighted by Gasteiger charge is -1.64. The maximum atomic E-state index is 10.3. The van der Waals surface area contributed by atoms with Crippen molar-refractivity contribution in [2.45, 2.75) is 0 Å². The zero-order chi connectivity index (χ0) is 5.98. The Morgan fingerprint density at radius 3 is 2.75 bits per heavy atom. The van der Waals surface area contributed by atoms with Gasteiger partial charge in [-0.25, -0.2) is 0 Å². The van der Waals surface area contributed by atoms with Gasteiger partial charge in [-0.2, -0.15) is 4.75 Å². The third-order valence-electron chi connectivity index (χ3n) is 0.638. The monoisotopic (exact) mass is 131 g/mol. The summed E-state index contributed by atoms with van der Waals surface area (Å²) in [6, 6.07) is 1.27. The molecule has 1 aromatic rings. The van der Waals surface area contributed by atoms with Gasteiger partial charge in [-0.1, -0.05) is 0 Å². The smallest absolute Gasteiger partial charge is 0.266 e. The molecule has 0 spiro atoms. The number of aromatic amines is 2. The predicted octanol–water partition coefficient (Wildman–Crippen LogP) is 0.445. The van der Waals surface area contributed by atoms with Crippen LogP contribution in [0.3, 0.4) is 0 Å². The highest BCUT2D eigenvalue weighted by molar-refractivity contribution is 7.27. The number of hydrogen-bond donors (Lipinski definition) is 2. The lowest BCUT2D eigenvalue weighted by Crippen LogP contribution is -1.98. The summed E-state index contributed by atoms with van der Waals surface area (Å²) in [5.41, 5.74) is -0.315. The molecular weight excluding hydrogens is 127 g/mol. The van der Waals surface area contributed by atoms with Crippen molar-refractivity contribution in [3.05, 3.63) is 22.6 Å². The van der Waals surface area contributed by atoms with E-state index in [4.69, 9.17) is 0 Å². The molecule has 0 aliphatic rings. The summed E-state index contributed by atoms with van der Waals surface area (Å²) in [6.45, 7) is 0. The topological polar surface area (TPSA) is 65.7 Å². The highest BCUT2D eigenvalue weighted by Gasteiger charge is 1.91. The van der Waals surface area contributed by atoms with E-state index in [0.29, 0.717) is 0 Å². The first-order valence-corrected chi connectivity index (χ1v) is 3.25. The molecule has 1 atom stereocenters. The molecule has 1 aromatic heterocycles. The quantitative estimate of drug-likeness (QED) is 0.536. The Morgan fingerprint density at radius 2 is 2.38 bits per heavy atom. The molecule has 8 heavy (non-hydrogen) atoms. The van der Waals surface area contributed by atoms with Gasteiger partial charge in [-0.05, 0) is 4.57 Å². The van der Waals surface area contributed by atoms with Crippen LogP contribution in [0.25, 0.3) is 0 Å². The molecule has 0 aliphatic heterocycles. The Kier molecular flexibility index (Phi) is 1.26. The molecule has 0 saturated heterocycles. The zero-order valence-corrected chi connectivity index (χ0v) is 4.81. The summed E-state index contributed by atoms with van der Waals surface area (Å²) < 4.78 is 14.9. The second-order valence-corrected chi connectivity index (χ2v) is 2.30. The van der Waals surface area contributed by atoms with E-state index < -0.39 is 7.73 Å². The highest BCUT2D eigenvalue weighted by atomic mass is 31.1. The third-order valence-corrected chi connectivity index (χ3v) is 1.45. The molecule has 5 heteroatoms. The molecule has 1 rings (SSSR count). The first-order chi connectivity index (χ1) is 3.79. The normalized spacial score (nSPS) is 11.2. The van der Waals surface area contributed by atoms with Gasteiger partial charge in [0.15, 0.2) is 0 Å². The van der Waals surface area contributed by atoms with Crippen molar-refractivity contribution in [2.24, 2.45) is 0 Å². The molecule has 42 valence electrons. The second kappa shape index (κ2) is 1.92. The van der Waals surface area contributed by atoms with Gasteiger partial charge in [0.05, 0.1) is 6.20 Å². The van der Waals surface area contributed by atoms with E-state index >= 15 is 0 Å². The van der Waals surface area contributed by atoms with Crippen molar-refractivity contribution in [3.63, 3.8) is 0 Å². The molecule has 0 aromatic carbocycles. The number of hydrogen-bond acceptors (Lipinski definition) is 2. The zero-order valence-electron chi connectivity index (χ0n) is 3.92. The lowest BCUT2D eigenvalue weighted by molar-refractivity contribution is 0.592. The minimum absolute atomic E-state index is 0.315. The summed E-state index contributed by atoms with van der Waals surface area (Å²) in [4.78, 5) is 10.3. The molecular formula is C3H4N2O2P+. The van der Waals surface area contributed by atoms with Gasteiger partial charge in [0.2, 0.25) is 0 Å². The molecule has 0 radical (unpaired) electrons. The summed E-state index contributed by atoms with van der Waals surface area (Å²) in [6.07, 6.45) is 1.36. The van der Waals surface area contributed by atoms with Gasteiger partial charge < -0.3 is 0 Å². The Hall–Kier alpha value is -0.890. The van der Waals surface area contributed by atoms with Crippen molar-refractivity contribution in [1.29, 1.82) is 0 Å². The number of nitrogens with one attached hydrogen (secondary N) is 2. The molecule has 0 aliphatic carbocycles. The Morgan fingerprint density at radius 1 is 1.62 bits per heavy atom. The van der Waals surface area contributed by atoms with E-state index in [1.54, 1.807) is 0 Å². The molecule has 1 unspecified atom stereocenters. The average Bonchev–Trinajstić information content (AvgIpc) is 1.64. The second-order valence-electron chi connectivity index (χ2n) is 1.23. The SMILES string of the molecule is O=c1cc[nH][p+](=O)[nH]1. The van der Waals surface area contributed by atoms with E-state index in [2.05, 4.69) is 9.49 Å². The largest absolute Gasteiger partial charge is 0.592 e. The van der Waals surface area contributed by atoms with Crippen molar-refractivity contribution < 1.29 is 4.57 Å². The van der Waals surface area contributed by atoms with Crippen LogP contribution in [-0.2, 0) is 4.57 Å². The molecule has 1 heterocycles. The summed E-state index contributed by atoms with van der Waals surface area (Å²) in [7, 11) is -1.72. The number of H-pyrrole nitrogens is 2. The molecule has 0 saturated carbocycles. The summed E-state index contributed by atoms with van der Waals surface area (Å²) >= 11 is 0. The minimum atomic E-state index is -1.72. The van der Waals surface area contributed by atoms with Crippen LogP contribution in [0.4, 0.5) is 0 Å². The minimum Gasteiger partial charge on any atom is -0.266 e. The van der Waals surface area contributed by atoms with Crippen molar-refractivity contribution in [2.75, 3.05) is 0 Å². The molecule has 4 nitrogen and oxygen atoms in total. The van der Waals surface area contributed by atoms with Gasteiger partial charge in [0, 0.05) is 6.07 Å². The van der Waals surface area contributed by atoms with Crippen LogP contribution in [0.1, 0.15) is 0 Å². The highest BCUT2D eigenvalue weighted by Crippen LogP contribution is 1.90. The van der Waals surface area contributed by atoms with Gasteiger partial charge >= 0.3 is 7.73 Å². The third kappa shape index (κ3) is 1.04. The van der Waals surface area contributed by atoms with Crippen LogP contribution in [-0.4, -0.2) is 9.49 Å². The first kappa shape index (κ1) is 5.25. The van der Waals surface area contributed by atoms with Crippen LogP contribution < -0.4 is 5.56 Å². The predicted molar refractivity (Wildman–Crippen MR) is 29.0 cm³/mol. The fourth-order valence-corrected chi connectivity index (χ4v) is 0.899. The van der Waals surface area contributed by atoms with E-state index in [-0.39, 0.29) is 5.56 Å². The van der Waals surface area contributed by atoms with E-state index in [0.717, 1.165) is 0 Å². The van der Waals surface area contributed by atoms with Crippen LogP contribution in [0.2, 0.25) is 0 Å². The average molecular weight is 131 g/mol. The molecule has 0 fully saturated rings. The van der Waals surface area contributed by atoms with Crippen molar-refractivity contribution in [1.82, 2.24) is 9.49 Å². The van der Waals surface area contributed by atoms with E-state index in [1.165, 1.54) is 12.3 Å². The van der Waals surface area contributed by atoms with Gasteiger partial charge in [0.1, 0.15) is 0 Å². The Bertz CT molecular complexity index is 250. The summed E-state index contributed by atoms with van der Waals surface area (Å²) in [5.74, 6) is 0. The van der Waals surface area contributed by atoms with E-state index in [9.17, 15) is 9.36 Å². The maximum Gasteiger partial charge on any atom is 0.592 e. The lowest BCUT2D eigenvalue weighted by atomic mass is 10.7. The summed E-state index contributed by atoms with van der Waals surface area (Å²) in [5, 5.41) is 0. The van der Waals surface area contributed by atoms with E-state index in [1.807, 2.05) is 0 Å². The Labute approximate surface area is 45.4 Å². The molecule has 0 bridgehead atoms. The van der Waals surface area contributed by atoms with Crippen LogP contribution in [0.5, 0.6) is 0 Å². The van der Waals surface area contributed by atoms with Crippen LogP contribution in [0.15, 0.2) is 17.1 Å². The van der Waals surface area contributed by atoms with Gasteiger partial charge in [0.25, 0.3) is 5.56 Å².